The second-order valence-electron chi connectivity index (χ2n) is 4.49. The molecule has 0 aliphatic rings. The first kappa shape index (κ1) is 15.0. The van der Waals surface area contributed by atoms with E-state index in [4.69, 9.17) is 10.2 Å². The summed E-state index contributed by atoms with van der Waals surface area (Å²) < 4.78 is 1.76. The lowest BCUT2D eigenvalue weighted by molar-refractivity contribution is -0.147. The Balaban J connectivity index is 2.06. The molecule has 0 aromatic carbocycles. The maximum atomic E-state index is 11.9. The molecule has 3 N–H and O–H groups in total. The summed E-state index contributed by atoms with van der Waals surface area (Å²) in [6.45, 7) is 1.83. The average molecular weight is 311 g/mol. The monoisotopic (exact) mass is 311 g/mol. The number of carboxylic acid groups (broad SMARTS) is 2. The van der Waals surface area contributed by atoms with Gasteiger partial charge in [0.2, 0.25) is 5.91 Å². The van der Waals surface area contributed by atoms with Gasteiger partial charge in [-0.05, 0) is 6.92 Å². The van der Waals surface area contributed by atoms with E-state index in [0.717, 1.165) is 10.7 Å². The van der Waals surface area contributed by atoms with E-state index < -0.39 is 30.3 Å². The van der Waals surface area contributed by atoms with Crippen molar-refractivity contribution in [2.24, 2.45) is 0 Å². The third-order valence-corrected chi connectivity index (χ3v) is 3.65. The fourth-order valence-corrected chi connectivity index (χ4v) is 2.77. The number of aromatic nitrogens is 2. The van der Waals surface area contributed by atoms with Gasteiger partial charge in [-0.15, -0.1) is 11.3 Å². The molecule has 0 aliphatic carbocycles. The standard InChI is InChI=1S/C12H13N3O5S/c1-6-4-15-7(5-21-12(15)13-6)2-9(16)14-8(11(19)20)3-10(17)18/h4-5,8H,2-3H2,1H3,(H,14,16)(H,17,18)(H,19,20)/t8-/m0/s1. The summed E-state index contributed by atoms with van der Waals surface area (Å²) in [4.78, 5) is 38.3. The molecule has 1 amide bonds. The Morgan fingerprint density at radius 3 is 2.76 bits per heavy atom. The van der Waals surface area contributed by atoms with Gasteiger partial charge >= 0.3 is 11.9 Å². The van der Waals surface area contributed by atoms with Crippen LogP contribution in [0, 0.1) is 6.92 Å². The van der Waals surface area contributed by atoms with Crippen molar-refractivity contribution in [2.45, 2.75) is 25.8 Å². The fourth-order valence-electron chi connectivity index (χ4n) is 1.85. The van der Waals surface area contributed by atoms with Crippen LogP contribution in [0.15, 0.2) is 11.6 Å². The van der Waals surface area contributed by atoms with Gasteiger partial charge in [0, 0.05) is 17.3 Å². The molecule has 2 aromatic heterocycles. The normalized spacial score (nSPS) is 12.2. The molecule has 1 atom stereocenters. The van der Waals surface area contributed by atoms with Crippen molar-refractivity contribution in [1.29, 1.82) is 0 Å². The summed E-state index contributed by atoms with van der Waals surface area (Å²) in [6.07, 6.45) is 1.07. The fraction of sp³-hybridized carbons (Fsp3) is 0.333. The van der Waals surface area contributed by atoms with Gasteiger partial charge in [-0.2, -0.15) is 0 Å². The number of carbonyl (C=O) groups is 3. The van der Waals surface area contributed by atoms with Crippen molar-refractivity contribution in [2.75, 3.05) is 0 Å². The van der Waals surface area contributed by atoms with Crippen molar-refractivity contribution in [1.82, 2.24) is 14.7 Å². The molecule has 0 spiro atoms. The van der Waals surface area contributed by atoms with Gasteiger partial charge in [0.15, 0.2) is 4.96 Å². The molecule has 0 unspecified atom stereocenters. The van der Waals surface area contributed by atoms with Crippen molar-refractivity contribution < 1.29 is 24.6 Å². The third-order valence-electron chi connectivity index (χ3n) is 2.76. The number of thiazole rings is 1. The highest BCUT2D eigenvalue weighted by Gasteiger charge is 2.23. The van der Waals surface area contributed by atoms with E-state index in [2.05, 4.69) is 10.3 Å². The highest BCUT2D eigenvalue weighted by Crippen LogP contribution is 2.16. The summed E-state index contributed by atoms with van der Waals surface area (Å²) in [6, 6.07) is -1.44. The Labute approximate surface area is 123 Å². The van der Waals surface area contributed by atoms with Crippen LogP contribution in [0.1, 0.15) is 17.8 Å². The second-order valence-corrected chi connectivity index (χ2v) is 5.33. The van der Waals surface area contributed by atoms with Gasteiger partial charge in [-0.3, -0.25) is 14.0 Å². The van der Waals surface area contributed by atoms with Crippen molar-refractivity contribution in [3.8, 4) is 0 Å². The number of carboxylic acids is 2. The van der Waals surface area contributed by atoms with Crippen LogP contribution in [0.4, 0.5) is 0 Å². The quantitative estimate of drug-likeness (QED) is 0.705. The van der Waals surface area contributed by atoms with Gasteiger partial charge in [0.05, 0.1) is 18.5 Å². The molecule has 2 aromatic rings. The maximum absolute atomic E-state index is 11.9. The Bertz CT molecular complexity index is 705. The number of rotatable bonds is 6. The minimum atomic E-state index is -1.44. The third kappa shape index (κ3) is 3.57. The first-order valence-electron chi connectivity index (χ1n) is 6.03. The van der Waals surface area contributed by atoms with Crippen LogP contribution in [0.2, 0.25) is 0 Å². The molecule has 0 aliphatic heterocycles. The summed E-state index contributed by atoms with van der Waals surface area (Å²) in [5.74, 6) is -3.21. The molecular weight excluding hydrogens is 298 g/mol. The molecule has 112 valence electrons. The van der Waals surface area contributed by atoms with Gasteiger partial charge in [0.1, 0.15) is 6.04 Å². The summed E-state index contributed by atoms with van der Waals surface area (Å²) in [7, 11) is 0. The Morgan fingerprint density at radius 1 is 1.43 bits per heavy atom. The molecule has 8 nitrogen and oxygen atoms in total. The van der Waals surface area contributed by atoms with Crippen LogP contribution < -0.4 is 5.32 Å². The van der Waals surface area contributed by atoms with E-state index in [1.165, 1.54) is 11.3 Å². The number of imidazole rings is 1. The number of fused-ring (bicyclic) bond motifs is 1. The van der Waals surface area contributed by atoms with E-state index in [-0.39, 0.29) is 6.42 Å². The van der Waals surface area contributed by atoms with E-state index >= 15 is 0 Å². The first-order valence-corrected chi connectivity index (χ1v) is 6.91. The van der Waals surface area contributed by atoms with Crippen LogP contribution in [-0.2, 0) is 20.8 Å². The van der Waals surface area contributed by atoms with E-state index in [0.29, 0.717) is 5.69 Å². The Hall–Kier alpha value is -2.42. The van der Waals surface area contributed by atoms with Crippen LogP contribution in [0.25, 0.3) is 4.96 Å². The molecule has 0 radical (unpaired) electrons. The number of hydrogen-bond acceptors (Lipinski definition) is 5. The number of carbonyl (C=O) groups excluding carboxylic acids is 1. The Kier molecular flexibility index (Phi) is 4.22. The Morgan fingerprint density at radius 2 is 2.14 bits per heavy atom. The average Bonchev–Trinajstić information content (AvgIpc) is 2.88. The molecule has 9 heteroatoms. The lowest BCUT2D eigenvalue weighted by Gasteiger charge is -2.12. The predicted molar refractivity (Wildman–Crippen MR) is 73.3 cm³/mol. The predicted octanol–water partition coefficient (Wildman–Crippen LogP) is 0.291. The van der Waals surface area contributed by atoms with Crippen molar-refractivity contribution in [3.63, 3.8) is 0 Å². The van der Waals surface area contributed by atoms with Gasteiger partial charge in [-0.25, -0.2) is 9.78 Å². The number of nitrogens with zero attached hydrogens (tertiary/aromatic N) is 2. The number of aryl methyl sites for hydroxylation is 1. The van der Waals surface area contributed by atoms with Gasteiger partial charge in [-0.1, -0.05) is 0 Å². The zero-order chi connectivity index (χ0) is 15.6. The first-order chi connectivity index (χ1) is 9.86. The molecule has 0 bridgehead atoms. The summed E-state index contributed by atoms with van der Waals surface area (Å²) in [5, 5.41) is 21.5. The number of nitrogens with one attached hydrogen (secondary N) is 1. The summed E-state index contributed by atoms with van der Waals surface area (Å²) in [5.41, 5.74) is 1.49. The lowest BCUT2D eigenvalue weighted by atomic mass is 10.2. The minimum absolute atomic E-state index is 0.0425. The topological polar surface area (TPSA) is 121 Å². The number of amides is 1. The van der Waals surface area contributed by atoms with E-state index in [1.54, 1.807) is 16.0 Å². The zero-order valence-electron chi connectivity index (χ0n) is 11.1. The second kappa shape index (κ2) is 5.92. The van der Waals surface area contributed by atoms with Crippen LogP contribution >= 0.6 is 11.3 Å². The molecule has 0 fully saturated rings. The van der Waals surface area contributed by atoms with E-state index in [9.17, 15) is 14.4 Å². The number of hydrogen-bond donors (Lipinski definition) is 3. The SMILES string of the molecule is Cc1cn2c(CC(=O)N[C@@H](CC(=O)O)C(=O)O)csc2n1. The number of aliphatic carboxylic acids is 2. The molecule has 0 saturated carbocycles. The van der Waals surface area contributed by atoms with Crippen LogP contribution in [0.3, 0.4) is 0 Å². The maximum Gasteiger partial charge on any atom is 0.326 e. The largest absolute Gasteiger partial charge is 0.481 e. The van der Waals surface area contributed by atoms with Crippen LogP contribution in [0.5, 0.6) is 0 Å². The van der Waals surface area contributed by atoms with Crippen molar-refractivity contribution in [3.05, 3.63) is 23.0 Å². The molecule has 21 heavy (non-hydrogen) atoms. The van der Waals surface area contributed by atoms with Gasteiger partial charge < -0.3 is 15.5 Å². The molecule has 0 saturated heterocycles. The minimum Gasteiger partial charge on any atom is -0.481 e. The van der Waals surface area contributed by atoms with Crippen molar-refractivity contribution >= 4 is 34.1 Å². The highest BCUT2D eigenvalue weighted by atomic mass is 32.1. The van der Waals surface area contributed by atoms with E-state index in [1.807, 2.05) is 6.92 Å². The molecule has 2 rings (SSSR count). The lowest BCUT2D eigenvalue weighted by Crippen LogP contribution is -2.42. The zero-order valence-corrected chi connectivity index (χ0v) is 11.9. The van der Waals surface area contributed by atoms with Crippen LogP contribution in [-0.4, -0.2) is 43.5 Å². The molecular formula is C12H13N3O5S. The molecule has 2 heterocycles. The summed E-state index contributed by atoms with van der Waals surface area (Å²) >= 11 is 1.37. The highest BCUT2D eigenvalue weighted by molar-refractivity contribution is 7.15. The van der Waals surface area contributed by atoms with Gasteiger partial charge in [0.25, 0.3) is 0 Å². The smallest absolute Gasteiger partial charge is 0.326 e.